The predicted molar refractivity (Wildman–Crippen MR) is 95.0 cm³/mol. The first-order valence-corrected chi connectivity index (χ1v) is 8.31. The highest BCUT2D eigenvalue weighted by Gasteiger charge is 2.23. The minimum Gasteiger partial charge on any atom is -0.356 e. The summed E-state index contributed by atoms with van der Waals surface area (Å²) < 4.78 is 3.07. The molecule has 0 unspecified atom stereocenters. The Bertz CT molecular complexity index is 986. The zero-order valence-electron chi connectivity index (χ0n) is 14.0. The highest BCUT2D eigenvalue weighted by molar-refractivity contribution is 5.47. The molecule has 8 nitrogen and oxygen atoms in total. The molecule has 1 saturated heterocycles. The number of aromatic nitrogens is 4. The molecule has 1 fully saturated rings. The largest absolute Gasteiger partial charge is 0.356 e. The number of imidazole rings is 1. The van der Waals surface area contributed by atoms with Gasteiger partial charge in [-0.05, 0) is 12.5 Å². The second kappa shape index (κ2) is 6.21. The monoisotopic (exact) mass is 340 g/mol. The maximum atomic E-state index is 11.8. The third-order valence-electron chi connectivity index (χ3n) is 4.74. The van der Waals surface area contributed by atoms with Gasteiger partial charge in [0.25, 0.3) is 5.56 Å². The van der Waals surface area contributed by atoms with Crippen LogP contribution in [0.5, 0.6) is 0 Å². The lowest BCUT2D eigenvalue weighted by Gasteiger charge is -2.18. The molecule has 2 N–H and O–H groups in total. The van der Waals surface area contributed by atoms with E-state index in [1.807, 2.05) is 27.8 Å². The van der Waals surface area contributed by atoms with E-state index >= 15 is 0 Å². The van der Waals surface area contributed by atoms with Crippen LogP contribution in [0.25, 0.3) is 5.65 Å². The summed E-state index contributed by atoms with van der Waals surface area (Å²) in [7, 11) is 1.47. The lowest BCUT2D eigenvalue weighted by Crippen LogP contribution is -2.36. The molecule has 130 valence electrons. The van der Waals surface area contributed by atoms with E-state index in [0.29, 0.717) is 11.9 Å². The minimum absolute atomic E-state index is 0.291. The number of anilines is 1. The van der Waals surface area contributed by atoms with Crippen LogP contribution in [0.4, 0.5) is 5.82 Å². The molecule has 1 atom stereocenters. The highest BCUT2D eigenvalue weighted by atomic mass is 16.2. The van der Waals surface area contributed by atoms with E-state index in [9.17, 15) is 9.59 Å². The van der Waals surface area contributed by atoms with Crippen molar-refractivity contribution in [2.45, 2.75) is 19.0 Å². The van der Waals surface area contributed by atoms with Gasteiger partial charge in [-0.25, -0.2) is 9.78 Å². The van der Waals surface area contributed by atoms with Crippen molar-refractivity contribution in [3.05, 3.63) is 63.2 Å². The van der Waals surface area contributed by atoms with Gasteiger partial charge in [0.05, 0.1) is 0 Å². The topological polar surface area (TPSA) is 87.4 Å². The van der Waals surface area contributed by atoms with Gasteiger partial charge < -0.3 is 14.6 Å². The van der Waals surface area contributed by atoms with E-state index < -0.39 is 0 Å². The van der Waals surface area contributed by atoms with Crippen molar-refractivity contribution in [3.63, 3.8) is 0 Å². The van der Waals surface area contributed by atoms with Gasteiger partial charge in [-0.3, -0.25) is 14.3 Å². The van der Waals surface area contributed by atoms with Gasteiger partial charge in [0.2, 0.25) is 0 Å². The second-order valence-corrected chi connectivity index (χ2v) is 6.36. The molecule has 3 aromatic rings. The second-order valence-electron chi connectivity index (χ2n) is 6.36. The Morgan fingerprint density at radius 1 is 1.36 bits per heavy atom. The normalized spacial score (nSPS) is 17.5. The third kappa shape index (κ3) is 2.96. The minimum atomic E-state index is -0.384. The molecule has 0 radical (unpaired) electrons. The summed E-state index contributed by atoms with van der Waals surface area (Å²) in [4.78, 5) is 32.8. The van der Waals surface area contributed by atoms with Crippen molar-refractivity contribution >= 4 is 11.5 Å². The molecule has 0 saturated carbocycles. The van der Waals surface area contributed by atoms with E-state index in [0.717, 1.165) is 41.8 Å². The fourth-order valence-electron chi connectivity index (χ4n) is 3.26. The molecule has 1 aliphatic heterocycles. The van der Waals surface area contributed by atoms with Crippen LogP contribution in [0.1, 0.15) is 12.0 Å². The Kier molecular flexibility index (Phi) is 3.89. The number of hydrogen-bond acceptors (Lipinski definition) is 5. The Morgan fingerprint density at radius 2 is 2.24 bits per heavy atom. The van der Waals surface area contributed by atoms with Gasteiger partial charge in [-0.1, -0.05) is 6.07 Å². The molecular formula is C17H20N6O2. The molecule has 0 aromatic carbocycles. The summed E-state index contributed by atoms with van der Waals surface area (Å²) in [6.07, 6.45) is 6.66. The summed E-state index contributed by atoms with van der Waals surface area (Å²) in [5, 5.41) is 3.55. The Balaban J connectivity index is 1.44. The number of hydrogen-bond donors (Lipinski definition) is 2. The van der Waals surface area contributed by atoms with Crippen LogP contribution in [0, 0.1) is 0 Å². The lowest BCUT2D eigenvalue weighted by atomic mass is 10.2. The summed E-state index contributed by atoms with van der Waals surface area (Å²) >= 11 is 0. The number of nitrogens with one attached hydrogen (secondary N) is 2. The van der Waals surface area contributed by atoms with Gasteiger partial charge in [0.1, 0.15) is 11.5 Å². The van der Waals surface area contributed by atoms with Crippen molar-refractivity contribution in [1.82, 2.24) is 24.3 Å². The van der Waals surface area contributed by atoms with E-state index in [2.05, 4.69) is 21.4 Å². The first-order valence-electron chi connectivity index (χ1n) is 8.31. The quantitative estimate of drug-likeness (QED) is 0.703. The molecule has 0 bridgehead atoms. The summed E-state index contributed by atoms with van der Waals surface area (Å²) in [5.74, 6) is 0.591. The van der Waals surface area contributed by atoms with Gasteiger partial charge in [0.15, 0.2) is 0 Å². The molecule has 4 heterocycles. The molecule has 25 heavy (non-hydrogen) atoms. The zero-order valence-corrected chi connectivity index (χ0v) is 14.0. The number of rotatable bonds is 4. The lowest BCUT2D eigenvalue weighted by molar-refractivity contribution is 0.551. The maximum Gasteiger partial charge on any atom is 0.329 e. The molecule has 3 aromatic heterocycles. The average Bonchev–Trinajstić information content (AvgIpc) is 3.26. The van der Waals surface area contributed by atoms with Crippen LogP contribution in [-0.4, -0.2) is 38.1 Å². The zero-order chi connectivity index (χ0) is 17.4. The average molecular weight is 340 g/mol. The van der Waals surface area contributed by atoms with Crippen LogP contribution in [0.2, 0.25) is 0 Å². The molecule has 0 amide bonds. The Hall–Kier alpha value is -2.87. The molecule has 8 heteroatoms. The molecular weight excluding hydrogens is 320 g/mol. The number of nitrogens with zero attached hydrogens (tertiary/aromatic N) is 4. The Morgan fingerprint density at radius 3 is 3.08 bits per heavy atom. The first kappa shape index (κ1) is 15.6. The van der Waals surface area contributed by atoms with Gasteiger partial charge in [-0.2, -0.15) is 0 Å². The molecule has 1 aliphatic rings. The van der Waals surface area contributed by atoms with Gasteiger partial charge in [-0.15, -0.1) is 0 Å². The van der Waals surface area contributed by atoms with Crippen molar-refractivity contribution in [3.8, 4) is 0 Å². The highest BCUT2D eigenvalue weighted by Crippen LogP contribution is 2.16. The smallest absolute Gasteiger partial charge is 0.329 e. The van der Waals surface area contributed by atoms with Gasteiger partial charge in [0, 0.05) is 62.9 Å². The van der Waals surface area contributed by atoms with Crippen molar-refractivity contribution in [2.24, 2.45) is 7.05 Å². The first-order chi connectivity index (χ1) is 12.1. The van der Waals surface area contributed by atoms with E-state index in [-0.39, 0.29) is 11.2 Å². The third-order valence-corrected chi connectivity index (χ3v) is 4.74. The van der Waals surface area contributed by atoms with E-state index in [4.69, 9.17) is 0 Å². The van der Waals surface area contributed by atoms with Crippen molar-refractivity contribution in [2.75, 3.05) is 18.0 Å². The summed E-state index contributed by atoms with van der Waals surface area (Å²) in [6.45, 7) is 2.28. The number of fused-ring (bicyclic) bond motifs is 1. The summed E-state index contributed by atoms with van der Waals surface area (Å²) in [6, 6.07) is 5.86. The van der Waals surface area contributed by atoms with Crippen molar-refractivity contribution in [1.29, 1.82) is 0 Å². The van der Waals surface area contributed by atoms with Crippen molar-refractivity contribution < 1.29 is 0 Å². The molecule has 0 spiro atoms. The number of pyridine rings is 1. The van der Waals surface area contributed by atoms with Crippen LogP contribution < -0.4 is 21.5 Å². The fourth-order valence-corrected chi connectivity index (χ4v) is 3.26. The van der Waals surface area contributed by atoms with Crippen LogP contribution in [0.15, 0.2) is 46.4 Å². The number of aromatic amines is 1. The SMILES string of the molecule is Cn1c(=O)cc(N2CC[C@@H](NCc3cccn4ccnc34)C2)[nH]c1=O. The van der Waals surface area contributed by atoms with Crippen LogP contribution in [-0.2, 0) is 13.6 Å². The van der Waals surface area contributed by atoms with Crippen LogP contribution >= 0.6 is 0 Å². The predicted octanol–water partition coefficient (Wildman–Crippen LogP) is 0.0898. The van der Waals surface area contributed by atoms with Crippen LogP contribution in [0.3, 0.4) is 0 Å². The van der Waals surface area contributed by atoms with E-state index in [1.165, 1.54) is 13.1 Å². The Labute approximate surface area is 143 Å². The fraction of sp³-hybridized carbons (Fsp3) is 0.353. The summed E-state index contributed by atoms with van der Waals surface area (Å²) in [5.41, 5.74) is 1.43. The number of H-pyrrole nitrogens is 1. The van der Waals surface area contributed by atoms with E-state index in [1.54, 1.807) is 6.20 Å². The molecule has 0 aliphatic carbocycles. The van der Waals surface area contributed by atoms with Gasteiger partial charge >= 0.3 is 5.69 Å². The maximum absolute atomic E-state index is 11.8. The molecule has 4 rings (SSSR count). The standard InChI is InChI=1S/C17H20N6O2/c1-21-15(24)9-14(20-17(21)25)23-7-4-13(11-23)19-10-12-3-2-6-22-8-5-18-16(12)22/h2-3,5-6,8-9,13,19H,4,7,10-11H2,1H3,(H,20,25)/t13-/m1/s1.